The monoisotopic (exact) mass is 493 g/mol. The maximum absolute atomic E-state index is 13.4. The van der Waals surface area contributed by atoms with Gasteiger partial charge in [-0.25, -0.2) is 0 Å². The number of rotatable bonds is 9. The Hall–Kier alpha value is -2.97. The van der Waals surface area contributed by atoms with Gasteiger partial charge in [-0.05, 0) is 48.7 Å². The fourth-order valence-corrected chi connectivity index (χ4v) is 5.00. The second-order valence-electron chi connectivity index (χ2n) is 8.06. The van der Waals surface area contributed by atoms with Crippen LogP contribution in [0.15, 0.2) is 58.4 Å². The van der Waals surface area contributed by atoms with Crippen molar-refractivity contribution in [2.24, 2.45) is 0 Å². The molecule has 0 saturated carbocycles. The zero-order chi connectivity index (χ0) is 24.1. The minimum Gasteiger partial charge on any atom is -0.438 e. The third kappa shape index (κ3) is 5.23. The van der Waals surface area contributed by atoms with Gasteiger partial charge in [0, 0.05) is 12.7 Å². The third-order valence-corrected chi connectivity index (χ3v) is 7.04. The first-order valence-electron chi connectivity index (χ1n) is 11.6. The lowest BCUT2D eigenvalue weighted by Crippen LogP contribution is -2.29. The molecule has 0 atom stereocenters. The van der Waals surface area contributed by atoms with Gasteiger partial charge in [0.15, 0.2) is 0 Å². The maximum atomic E-state index is 13.4. The number of aryl methyl sites for hydroxylation is 1. The van der Waals surface area contributed by atoms with E-state index in [1.165, 1.54) is 21.7 Å². The molecule has 0 aliphatic carbocycles. The van der Waals surface area contributed by atoms with Crippen LogP contribution < -0.4 is 10.3 Å². The molecule has 1 fully saturated rings. The number of thioether (sulfide) groups is 1. The fourth-order valence-electron chi connectivity index (χ4n) is 3.71. The Morgan fingerprint density at radius 1 is 1.06 bits per heavy atom. The Bertz CT molecular complexity index is 1300. The van der Waals surface area contributed by atoms with E-state index in [0.717, 1.165) is 32.1 Å². The predicted molar refractivity (Wildman–Crippen MR) is 141 cm³/mol. The molecule has 2 aromatic heterocycles. The summed E-state index contributed by atoms with van der Waals surface area (Å²) in [6.07, 6.45) is 8.34. The molecule has 1 amide bonds. The smallest absolute Gasteiger partial charge is 0.269 e. The number of fused-ring (bicyclic) bond motifs is 1. The molecular weight excluding hydrogens is 466 g/mol. The summed E-state index contributed by atoms with van der Waals surface area (Å²) in [5.41, 5.74) is 1.56. The molecule has 1 aliphatic heterocycles. The van der Waals surface area contributed by atoms with Crippen molar-refractivity contribution in [3.05, 3.63) is 75.0 Å². The number of hydrogen-bond donors (Lipinski definition) is 0. The summed E-state index contributed by atoms with van der Waals surface area (Å²) >= 11 is 6.67. The first-order chi connectivity index (χ1) is 16.5. The first-order valence-corrected chi connectivity index (χ1v) is 12.8. The highest BCUT2D eigenvalue weighted by Gasteiger charge is 2.32. The highest BCUT2D eigenvalue weighted by Crippen LogP contribution is 2.34. The minimum atomic E-state index is -0.306. The second kappa shape index (κ2) is 11.0. The molecule has 0 bridgehead atoms. The fraction of sp³-hybridized carbons (Fsp3) is 0.308. The van der Waals surface area contributed by atoms with Crippen LogP contribution in [0, 0.1) is 0 Å². The van der Waals surface area contributed by atoms with E-state index in [1.54, 1.807) is 29.3 Å². The Kier molecular flexibility index (Phi) is 7.80. The number of benzene rings is 1. The van der Waals surface area contributed by atoms with Crippen molar-refractivity contribution in [1.82, 2.24) is 14.3 Å². The summed E-state index contributed by atoms with van der Waals surface area (Å²) in [4.78, 5) is 33.1. The van der Waals surface area contributed by atoms with Gasteiger partial charge >= 0.3 is 0 Å². The highest BCUT2D eigenvalue weighted by molar-refractivity contribution is 8.26. The summed E-state index contributed by atoms with van der Waals surface area (Å²) in [5, 5.41) is 0. The minimum absolute atomic E-state index is 0.161. The summed E-state index contributed by atoms with van der Waals surface area (Å²) in [7, 11) is 0. The number of thiocarbonyl (C=S) groups is 1. The van der Waals surface area contributed by atoms with E-state index in [4.69, 9.17) is 17.0 Å². The summed E-state index contributed by atoms with van der Waals surface area (Å²) in [5.74, 6) is 0.554. The molecular formula is C26H27N3O3S2. The van der Waals surface area contributed by atoms with Gasteiger partial charge in [-0.2, -0.15) is 4.98 Å². The molecule has 3 heterocycles. The summed E-state index contributed by atoms with van der Waals surface area (Å²) in [6, 6.07) is 13.0. The number of amides is 1. The zero-order valence-corrected chi connectivity index (χ0v) is 21.0. The maximum Gasteiger partial charge on any atom is 0.269 e. The van der Waals surface area contributed by atoms with Gasteiger partial charge in [0.1, 0.15) is 21.3 Å². The van der Waals surface area contributed by atoms with Crippen LogP contribution >= 0.6 is 24.0 Å². The Morgan fingerprint density at radius 3 is 2.59 bits per heavy atom. The normalized spacial score (nSPS) is 15.0. The van der Waals surface area contributed by atoms with Gasteiger partial charge in [0.2, 0.25) is 5.88 Å². The van der Waals surface area contributed by atoms with Gasteiger partial charge in [-0.1, -0.05) is 75.3 Å². The van der Waals surface area contributed by atoms with Crippen molar-refractivity contribution in [1.29, 1.82) is 0 Å². The van der Waals surface area contributed by atoms with Crippen LogP contribution in [0.25, 0.3) is 11.7 Å². The number of carbonyl (C=O) groups is 1. The molecule has 0 unspecified atom stereocenters. The van der Waals surface area contributed by atoms with Crippen molar-refractivity contribution in [2.45, 2.75) is 46.0 Å². The number of aromatic nitrogens is 2. The van der Waals surface area contributed by atoms with Gasteiger partial charge in [0.05, 0.1) is 4.91 Å². The van der Waals surface area contributed by atoms with E-state index >= 15 is 0 Å². The molecule has 3 aromatic rings. The Morgan fingerprint density at radius 2 is 1.85 bits per heavy atom. The van der Waals surface area contributed by atoms with E-state index in [-0.39, 0.29) is 22.9 Å². The molecule has 1 saturated heterocycles. The van der Waals surface area contributed by atoms with Gasteiger partial charge in [-0.15, -0.1) is 0 Å². The number of hydrogen-bond acceptors (Lipinski definition) is 6. The molecule has 1 aliphatic rings. The molecule has 0 spiro atoms. The average molecular weight is 494 g/mol. The van der Waals surface area contributed by atoms with E-state index in [1.807, 2.05) is 30.3 Å². The first kappa shape index (κ1) is 24.2. The average Bonchev–Trinajstić information content (AvgIpc) is 3.12. The summed E-state index contributed by atoms with van der Waals surface area (Å²) < 4.78 is 8.01. The van der Waals surface area contributed by atoms with Crippen molar-refractivity contribution >= 4 is 45.9 Å². The highest BCUT2D eigenvalue weighted by atomic mass is 32.2. The van der Waals surface area contributed by atoms with Crippen LogP contribution in [0.2, 0.25) is 0 Å². The molecule has 0 N–H and O–H groups in total. The van der Waals surface area contributed by atoms with Crippen molar-refractivity contribution < 1.29 is 9.53 Å². The molecule has 0 radical (unpaired) electrons. The van der Waals surface area contributed by atoms with E-state index in [9.17, 15) is 9.59 Å². The van der Waals surface area contributed by atoms with Crippen LogP contribution in [0.1, 0.15) is 50.7 Å². The Labute approximate surface area is 208 Å². The molecule has 34 heavy (non-hydrogen) atoms. The van der Waals surface area contributed by atoms with E-state index < -0.39 is 0 Å². The topological polar surface area (TPSA) is 63.9 Å². The number of nitrogens with zero attached hydrogens (tertiary/aromatic N) is 3. The number of unbranched alkanes of at least 4 members (excludes halogenated alkanes) is 3. The zero-order valence-electron chi connectivity index (χ0n) is 19.3. The predicted octanol–water partition coefficient (Wildman–Crippen LogP) is 5.83. The van der Waals surface area contributed by atoms with Crippen LogP contribution in [0.4, 0.5) is 0 Å². The quantitative estimate of drug-likeness (QED) is 0.212. The van der Waals surface area contributed by atoms with Crippen LogP contribution in [-0.4, -0.2) is 31.1 Å². The van der Waals surface area contributed by atoms with Crippen LogP contribution in [-0.2, 0) is 11.2 Å². The molecule has 1 aromatic carbocycles. The SMILES string of the molecule is CCCCCCN1C(=O)/C(=C\c2c(Oc3ccc(CC)cc3)nc3ccccn3c2=O)SC1=S. The van der Waals surface area contributed by atoms with Crippen LogP contribution in [0.3, 0.4) is 0 Å². The number of carbonyl (C=O) groups excluding carboxylic acids is 1. The molecule has 8 heteroatoms. The van der Waals surface area contributed by atoms with E-state index in [2.05, 4.69) is 18.8 Å². The van der Waals surface area contributed by atoms with E-state index in [0.29, 0.717) is 27.2 Å². The Balaban J connectivity index is 1.70. The number of ether oxygens (including phenoxy) is 1. The lowest BCUT2D eigenvalue weighted by molar-refractivity contribution is -0.122. The molecule has 4 rings (SSSR count). The van der Waals surface area contributed by atoms with Crippen LogP contribution in [0.5, 0.6) is 11.6 Å². The van der Waals surface area contributed by atoms with Gasteiger partial charge in [0.25, 0.3) is 11.5 Å². The van der Waals surface area contributed by atoms with Gasteiger partial charge in [-0.3, -0.25) is 18.9 Å². The van der Waals surface area contributed by atoms with Crippen molar-refractivity contribution in [2.75, 3.05) is 6.54 Å². The van der Waals surface area contributed by atoms with Crippen molar-refractivity contribution in [3.63, 3.8) is 0 Å². The standard InChI is InChI=1S/C26H27N3O3S2/c1-3-5-6-8-16-29-25(31)21(34-26(29)33)17-20-23(32-19-13-11-18(4-2)12-14-19)27-22-10-7-9-15-28(22)24(20)30/h7,9-15,17H,3-6,8,16H2,1-2H3/b21-17+. The van der Waals surface area contributed by atoms with Gasteiger partial charge < -0.3 is 4.74 Å². The molecule has 6 nitrogen and oxygen atoms in total. The lowest BCUT2D eigenvalue weighted by Gasteiger charge is -2.14. The largest absolute Gasteiger partial charge is 0.438 e. The lowest BCUT2D eigenvalue weighted by atomic mass is 10.2. The van der Waals surface area contributed by atoms with Crippen molar-refractivity contribution in [3.8, 4) is 11.6 Å². The third-order valence-electron chi connectivity index (χ3n) is 5.66. The number of pyridine rings is 1. The second-order valence-corrected chi connectivity index (χ2v) is 9.73. The summed E-state index contributed by atoms with van der Waals surface area (Å²) in [6.45, 7) is 4.82. The molecule has 176 valence electrons.